The van der Waals surface area contributed by atoms with E-state index in [0.29, 0.717) is 22.8 Å². The number of amides is 2. The van der Waals surface area contributed by atoms with Crippen molar-refractivity contribution in [3.8, 4) is 11.4 Å². The molecular formula is C13H10BrN7O. The smallest absolute Gasteiger partial charge is 0.323 e. The lowest BCUT2D eigenvalue weighted by molar-refractivity contribution is 0.256. The van der Waals surface area contributed by atoms with Gasteiger partial charge in [-0.15, -0.1) is 5.10 Å². The number of carbonyl (C=O) groups excluding carboxylic acids is 1. The third kappa shape index (κ3) is 2.66. The number of pyridine rings is 1. The van der Waals surface area contributed by atoms with E-state index >= 15 is 0 Å². The number of nitrogens with two attached hydrogens (primary N) is 1. The van der Waals surface area contributed by atoms with Crippen molar-refractivity contribution in [2.75, 3.05) is 4.90 Å². The lowest BCUT2D eigenvalue weighted by atomic mass is 10.1. The summed E-state index contributed by atoms with van der Waals surface area (Å²) in [6.45, 7) is 0. The first kappa shape index (κ1) is 14.1. The number of aromatic nitrogens is 5. The van der Waals surface area contributed by atoms with Gasteiger partial charge in [-0.3, -0.25) is 9.88 Å². The molecule has 3 N–H and O–H groups in total. The van der Waals surface area contributed by atoms with Gasteiger partial charge in [0.2, 0.25) is 0 Å². The Bertz CT molecular complexity index is 791. The number of halogens is 1. The van der Waals surface area contributed by atoms with Crippen molar-refractivity contribution in [3.05, 3.63) is 47.2 Å². The molecular weight excluding hydrogens is 350 g/mol. The molecule has 0 bridgehead atoms. The molecule has 2 heterocycles. The summed E-state index contributed by atoms with van der Waals surface area (Å²) in [5.74, 6) is 0.423. The molecule has 0 aliphatic heterocycles. The fourth-order valence-corrected chi connectivity index (χ4v) is 2.40. The minimum Gasteiger partial charge on any atom is -0.351 e. The van der Waals surface area contributed by atoms with Gasteiger partial charge in [0.05, 0.1) is 17.6 Å². The molecule has 0 radical (unpaired) electrons. The number of tetrazole rings is 1. The number of hydrogen-bond donors (Lipinski definition) is 2. The highest BCUT2D eigenvalue weighted by Crippen LogP contribution is 2.35. The second kappa shape index (κ2) is 5.90. The van der Waals surface area contributed by atoms with Crippen LogP contribution in [0.4, 0.5) is 16.2 Å². The summed E-state index contributed by atoms with van der Waals surface area (Å²) in [5.41, 5.74) is 7.26. The third-order valence-corrected chi connectivity index (χ3v) is 3.42. The molecule has 1 aromatic carbocycles. The molecule has 0 unspecified atom stereocenters. The summed E-state index contributed by atoms with van der Waals surface area (Å²) < 4.78 is 0.818. The van der Waals surface area contributed by atoms with Crippen LogP contribution in [0.3, 0.4) is 0 Å². The molecule has 0 fully saturated rings. The first-order valence-electron chi connectivity index (χ1n) is 6.20. The molecule has 9 heteroatoms. The van der Waals surface area contributed by atoms with Crippen molar-refractivity contribution in [3.63, 3.8) is 0 Å². The van der Waals surface area contributed by atoms with E-state index in [1.807, 2.05) is 0 Å². The molecule has 0 saturated carbocycles. The third-order valence-electron chi connectivity index (χ3n) is 2.92. The molecule has 2 amide bonds. The molecule has 0 saturated heterocycles. The number of urea groups is 1. The minimum absolute atomic E-state index is 0.423. The summed E-state index contributed by atoms with van der Waals surface area (Å²) in [7, 11) is 0. The number of hydrogen-bond acceptors (Lipinski definition) is 5. The van der Waals surface area contributed by atoms with Crippen molar-refractivity contribution < 1.29 is 4.79 Å². The standard InChI is InChI=1S/C13H10BrN7O/c14-8-3-4-11(10(6-8)12-17-19-20-18-12)21(13(15)22)9-2-1-5-16-7-9/h1-7H,(H2,15,22)(H,17,18,19,20). The molecule has 8 nitrogen and oxygen atoms in total. The maximum Gasteiger partial charge on any atom is 0.323 e. The van der Waals surface area contributed by atoms with Crippen LogP contribution in [-0.2, 0) is 0 Å². The van der Waals surface area contributed by atoms with Crippen LogP contribution in [-0.4, -0.2) is 31.6 Å². The molecule has 3 aromatic rings. The van der Waals surface area contributed by atoms with Gasteiger partial charge < -0.3 is 5.73 Å². The topological polar surface area (TPSA) is 114 Å². The first-order valence-corrected chi connectivity index (χ1v) is 6.99. The number of anilines is 2. The van der Waals surface area contributed by atoms with Crippen LogP contribution in [0.5, 0.6) is 0 Å². The van der Waals surface area contributed by atoms with E-state index in [0.717, 1.165) is 4.47 Å². The number of rotatable bonds is 3. The van der Waals surface area contributed by atoms with Gasteiger partial charge in [-0.1, -0.05) is 15.9 Å². The summed E-state index contributed by atoms with van der Waals surface area (Å²) in [6.07, 6.45) is 3.17. The molecule has 0 aliphatic rings. The Morgan fingerprint density at radius 3 is 2.82 bits per heavy atom. The van der Waals surface area contributed by atoms with E-state index in [2.05, 4.69) is 41.5 Å². The molecule has 22 heavy (non-hydrogen) atoms. The Kier molecular flexibility index (Phi) is 3.79. The quantitative estimate of drug-likeness (QED) is 0.744. The van der Waals surface area contributed by atoms with Gasteiger partial charge in [-0.25, -0.2) is 9.89 Å². The van der Waals surface area contributed by atoms with Crippen LogP contribution in [0.25, 0.3) is 11.4 Å². The van der Waals surface area contributed by atoms with E-state index < -0.39 is 6.03 Å². The van der Waals surface area contributed by atoms with Crippen LogP contribution in [0.2, 0.25) is 0 Å². The zero-order chi connectivity index (χ0) is 15.5. The van der Waals surface area contributed by atoms with Crippen molar-refractivity contribution in [2.45, 2.75) is 0 Å². The Morgan fingerprint density at radius 2 is 2.18 bits per heavy atom. The SMILES string of the molecule is NC(=O)N(c1cccnc1)c1ccc(Br)cc1-c1nnn[nH]1. The van der Waals surface area contributed by atoms with Crippen molar-refractivity contribution in [1.82, 2.24) is 25.6 Å². The monoisotopic (exact) mass is 359 g/mol. The number of aromatic amines is 1. The second-order valence-electron chi connectivity index (χ2n) is 4.30. The zero-order valence-electron chi connectivity index (χ0n) is 11.1. The predicted octanol–water partition coefficient (Wildman–Crippen LogP) is 2.24. The van der Waals surface area contributed by atoms with Gasteiger partial charge in [0.1, 0.15) is 0 Å². The maximum atomic E-state index is 12.0. The van der Waals surface area contributed by atoms with E-state index in [1.54, 1.807) is 42.7 Å². The first-order chi connectivity index (χ1) is 10.7. The Balaban J connectivity index is 2.19. The van der Waals surface area contributed by atoms with Gasteiger partial charge in [-0.05, 0) is 40.8 Å². The minimum atomic E-state index is -0.635. The normalized spacial score (nSPS) is 10.4. The number of carbonyl (C=O) groups is 1. The molecule has 3 rings (SSSR count). The van der Waals surface area contributed by atoms with Gasteiger partial charge in [-0.2, -0.15) is 0 Å². The average molecular weight is 360 g/mol. The second-order valence-corrected chi connectivity index (χ2v) is 5.21. The highest BCUT2D eigenvalue weighted by molar-refractivity contribution is 9.10. The summed E-state index contributed by atoms with van der Waals surface area (Å²) in [5, 5.41) is 13.7. The molecule has 2 aromatic heterocycles. The van der Waals surface area contributed by atoms with E-state index in [4.69, 9.17) is 5.73 Å². The molecule has 0 spiro atoms. The van der Waals surface area contributed by atoms with Gasteiger partial charge in [0.15, 0.2) is 5.82 Å². The van der Waals surface area contributed by atoms with Crippen molar-refractivity contribution in [2.24, 2.45) is 5.73 Å². The maximum absolute atomic E-state index is 12.0. The van der Waals surface area contributed by atoms with Crippen LogP contribution >= 0.6 is 15.9 Å². The fourth-order valence-electron chi connectivity index (χ4n) is 2.04. The highest BCUT2D eigenvalue weighted by Gasteiger charge is 2.21. The average Bonchev–Trinajstić information content (AvgIpc) is 3.04. The summed E-state index contributed by atoms with van der Waals surface area (Å²) >= 11 is 3.39. The Labute approximate surface area is 133 Å². The lowest BCUT2D eigenvalue weighted by Crippen LogP contribution is -2.32. The van der Waals surface area contributed by atoms with E-state index in [1.165, 1.54) is 4.90 Å². The number of nitrogens with one attached hydrogen (secondary N) is 1. The number of H-pyrrole nitrogens is 1. The zero-order valence-corrected chi connectivity index (χ0v) is 12.7. The summed E-state index contributed by atoms with van der Waals surface area (Å²) in [4.78, 5) is 17.3. The lowest BCUT2D eigenvalue weighted by Gasteiger charge is -2.22. The van der Waals surface area contributed by atoms with Crippen molar-refractivity contribution >= 4 is 33.3 Å². The number of nitrogens with zero attached hydrogens (tertiary/aromatic N) is 5. The molecule has 110 valence electrons. The number of benzene rings is 1. The van der Waals surface area contributed by atoms with Crippen molar-refractivity contribution in [1.29, 1.82) is 0 Å². The predicted molar refractivity (Wildman–Crippen MR) is 83.3 cm³/mol. The molecule has 0 atom stereocenters. The highest BCUT2D eigenvalue weighted by atomic mass is 79.9. The van der Waals surface area contributed by atoms with Gasteiger partial charge in [0, 0.05) is 16.2 Å². The van der Waals surface area contributed by atoms with Crippen LogP contribution in [0.15, 0.2) is 47.2 Å². The Morgan fingerprint density at radius 1 is 1.32 bits per heavy atom. The Hall–Kier alpha value is -2.81. The van der Waals surface area contributed by atoms with Gasteiger partial charge in [0.25, 0.3) is 0 Å². The van der Waals surface area contributed by atoms with Crippen LogP contribution in [0, 0.1) is 0 Å². The van der Waals surface area contributed by atoms with Gasteiger partial charge >= 0.3 is 6.03 Å². The molecule has 0 aliphatic carbocycles. The van der Waals surface area contributed by atoms with Crippen LogP contribution in [0.1, 0.15) is 0 Å². The largest absolute Gasteiger partial charge is 0.351 e. The van der Waals surface area contributed by atoms with Crippen LogP contribution < -0.4 is 10.6 Å². The van der Waals surface area contributed by atoms with E-state index in [-0.39, 0.29) is 0 Å². The van der Waals surface area contributed by atoms with E-state index in [9.17, 15) is 4.79 Å². The number of primary amides is 1. The fraction of sp³-hybridized carbons (Fsp3) is 0. The summed E-state index contributed by atoms with van der Waals surface area (Å²) in [6, 6.07) is 8.17.